The molecular weight excluding hydrogens is 220 g/mol. The molecule has 0 aromatic carbocycles. The van der Waals surface area contributed by atoms with Crippen molar-refractivity contribution in [2.75, 3.05) is 6.54 Å². The van der Waals surface area contributed by atoms with E-state index in [0.717, 1.165) is 0 Å². The van der Waals surface area contributed by atoms with Crippen molar-refractivity contribution in [3.8, 4) is 0 Å². The molecule has 0 spiro atoms. The number of carbonyl (C=O) groups excluding carboxylic acids is 3. The molecule has 0 unspecified atom stereocenters. The van der Waals surface area contributed by atoms with E-state index in [9.17, 15) is 14.4 Å². The van der Waals surface area contributed by atoms with E-state index in [1.165, 1.54) is 4.90 Å². The Hall–Kier alpha value is -1.65. The lowest BCUT2D eigenvalue weighted by atomic mass is 9.95. The van der Waals surface area contributed by atoms with Gasteiger partial charge in [-0.2, -0.15) is 0 Å². The van der Waals surface area contributed by atoms with Crippen LogP contribution in [0, 0.1) is 5.92 Å². The molecule has 5 nitrogen and oxygen atoms in total. The van der Waals surface area contributed by atoms with Crippen molar-refractivity contribution in [2.24, 2.45) is 5.92 Å². The van der Waals surface area contributed by atoms with Crippen molar-refractivity contribution in [3.63, 3.8) is 0 Å². The SMILES string of the molecule is CC1(C)C(=O)NC(=O)CN1C(=O)C1CC=CC1. The minimum atomic E-state index is -0.951. The number of carbonyl (C=O) groups is 3. The Bertz CT molecular complexity index is 404. The van der Waals surface area contributed by atoms with Gasteiger partial charge in [-0.05, 0) is 26.7 Å². The highest BCUT2D eigenvalue weighted by Gasteiger charge is 2.44. The number of imide groups is 1. The summed E-state index contributed by atoms with van der Waals surface area (Å²) in [5, 5.41) is 2.26. The highest BCUT2D eigenvalue weighted by molar-refractivity contribution is 6.06. The topological polar surface area (TPSA) is 66.5 Å². The van der Waals surface area contributed by atoms with E-state index in [-0.39, 0.29) is 18.4 Å². The van der Waals surface area contributed by atoms with Gasteiger partial charge in [0.2, 0.25) is 11.8 Å². The molecule has 0 saturated carbocycles. The van der Waals surface area contributed by atoms with E-state index in [0.29, 0.717) is 12.8 Å². The third-order valence-electron chi connectivity index (χ3n) is 3.41. The largest absolute Gasteiger partial charge is 0.319 e. The van der Waals surface area contributed by atoms with Gasteiger partial charge in [0, 0.05) is 5.92 Å². The summed E-state index contributed by atoms with van der Waals surface area (Å²) in [5.74, 6) is -1.04. The molecule has 0 aromatic heterocycles. The molecule has 17 heavy (non-hydrogen) atoms. The standard InChI is InChI=1S/C12H16N2O3/c1-12(2)11(17)13-9(15)7-14(12)10(16)8-5-3-4-6-8/h3-4,8H,5-7H2,1-2H3,(H,13,15,17). The summed E-state index contributed by atoms with van der Waals surface area (Å²) in [4.78, 5) is 36.7. The molecule has 0 atom stereocenters. The number of nitrogens with zero attached hydrogens (tertiary/aromatic N) is 1. The van der Waals surface area contributed by atoms with Gasteiger partial charge in [0.05, 0.1) is 0 Å². The molecule has 3 amide bonds. The van der Waals surface area contributed by atoms with Crippen LogP contribution in [-0.4, -0.2) is 34.7 Å². The van der Waals surface area contributed by atoms with Crippen LogP contribution in [0.2, 0.25) is 0 Å². The molecule has 1 N–H and O–H groups in total. The maximum atomic E-state index is 12.3. The van der Waals surface area contributed by atoms with Crippen LogP contribution in [0.4, 0.5) is 0 Å². The van der Waals surface area contributed by atoms with Crippen molar-refractivity contribution in [2.45, 2.75) is 32.2 Å². The van der Waals surface area contributed by atoms with Gasteiger partial charge >= 0.3 is 0 Å². The summed E-state index contributed by atoms with van der Waals surface area (Å²) in [6, 6.07) is 0. The summed E-state index contributed by atoms with van der Waals surface area (Å²) in [7, 11) is 0. The molecule has 0 bridgehead atoms. The predicted octanol–water partition coefficient (Wildman–Crippen LogP) is 0.216. The van der Waals surface area contributed by atoms with Crippen molar-refractivity contribution < 1.29 is 14.4 Å². The summed E-state index contributed by atoms with van der Waals surface area (Å²) in [5.41, 5.74) is -0.951. The van der Waals surface area contributed by atoms with E-state index >= 15 is 0 Å². The normalized spacial score (nSPS) is 24.0. The van der Waals surface area contributed by atoms with Crippen LogP contribution in [0.5, 0.6) is 0 Å². The fraction of sp³-hybridized carbons (Fsp3) is 0.583. The van der Waals surface area contributed by atoms with Crippen LogP contribution < -0.4 is 5.32 Å². The maximum absolute atomic E-state index is 12.3. The minimum Gasteiger partial charge on any atom is -0.319 e. The monoisotopic (exact) mass is 236 g/mol. The van der Waals surface area contributed by atoms with E-state index in [1.807, 2.05) is 12.2 Å². The van der Waals surface area contributed by atoms with E-state index < -0.39 is 17.4 Å². The quantitative estimate of drug-likeness (QED) is 0.523. The van der Waals surface area contributed by atoms with Crippen LogP contribution in [0.15, 0.2) is 12.2 Å². The first kappa shape index (κ1) is 11.8. The lowest BCUT2D eigenvalue weighted by Crippen LogP contribution is -2.66. The third-order valence-corrected chi connectivity index (χ3v) is 3.41. The van der Waals surface area contributed by atoms with Gasteiger partial charge < -0.3 is 4.90 Å². The van der Waals surface area contributed by atoms with Gasteiger partial charge in [0.1, 0.15) is 12.1 Å². The Balaban J connectivity index is 2.19. The highest BCUT2D eigenvalue weighted by Crippen LogP contribution is 2.26. The second kappa shape index (κ2) is 3.98. The first-order chi connectivity index (χ1) is 7.93. The number of nitrogens with one attached hydrogen (secondary N) is 1. The van der Waals surface area contributed by atoms with Gasteiger partial charge in [-0.15, -0.1) is 0 Å². The Kier molecular flexibility index (Phi) is 2.77. The first-order valence-corrected chi connectivity index (χ1v) is 5.73. The number of allylic oxidation sites excluding steroid dienone is 2. The molecule has 1 heterocycles. The van der Waals surface area contributed by atoms with Crippen LogP contribution in [0.1, 0.15) is 26.7 Å². The second-order valence-corrected chi connectivity index (χ2v) is 5.00. The molecule has 2 rings (SSSR count). The zero-order valence-corrected chi connectivity index (χ0v) is 10.0. The van der Waals surface area contributed by atoms with E-state index in [1.54, 1.807) is 13.8 Å². The molecule has 1 aliphatic carbocycles. The number of piperazine rings is 1. The van der Waals surface area contributed by atoms with Crippen LogP contribution >= 0.6 is 0 Å². The van der Waals surface area contributed by atoms with Gasteiger partial charge in [-0.3, -0.25) is 19.7 Å². The fourth-order valence-electron chi connectivity index (χ4n) is 2.18. The number of hydrogen-bond donors (Lipinski definition) is 1. The van der Waals surface area contributed by atoms with Crippen molar-refractivity contribution in [1.29, 1.82) is 0 Å². The van der Waals surface area contributed by atoms with Crippen LogP contribution in [0.3, 0.4) is 0 Å². The molecule has 1 saturated heterocycles. The smallest absolute Gasteiger partial charge is 0.252 e. The predicted molar refractivity (Wildman–Crippen MR) is 60.8 cm³/mol. The fourth-order valence-corrected chi connectivity index (χ4v) is 2.18. The molecular formula is C12H16N2O3. The van der Waals surface area contributed by atoms with Gasteiger partial charge in [-0.25, -0.2) is 0 Å². The maximum Gasteiger partial charge on any atom is 0.252 e. The van der Waals surface area contributed by atoms with E-state index in [2.05, 4.69) is 5.32 Å². The second-order valence-electron chi connectivity index (χ2n) is 5.00. The molecule has 92 valence electrons. The summed E-state index contributed by atoms with van der Waals surface area (Å²) in [6.07, 6.45) is 5.31. The van der Waals surface area contributed by atoms with Crippen LogP contribution in [-0.2, 0) is 14.4 Å². The summed E-state index contributed by atoms with van der Waals surface area (Å²) < 4.78 is 0. The zero-order chi connectivity index (χ0) is 12.6. The summed E-state index contributed by atoms with van der Waals surface area (Å²) >= 11 is 0. The average molecular weight is 236 g/mol. The Labute approximate surface area is 99.8 Å². The molecule has 1 aliphatic heterocycles. The van der Waals surface area contributed by atoms with Gasteiger partial charge in [-0.1, -0.05) is 12.2 Å². The van der Waals surface area contributed by atoms with E-state index in [4.69, 9.17) is 0 Å². The molecule has 0 radical (unpaired) electrons. The molecule has 0 aromatic rings. The highest BCUT2D eigenvalue weighted by atomic mass is 16.2. The lowest BCUT2D eigenvalue weighted by Gasteiger charge is -2.41. The molecule has 2 aliphatic rings. The third kappa shape index (κ3) is 1.97. The molecule has 1 fully saturated rings. The van der Waals surface area contributed by atoms with Crippen molar-refractivity contribution >= 4 is 17.7 Å². The summed E-state index contributed by atoms with van der Waals surface area (Å²) in [6.45, 7) is 3.29. The van der Waals surface area contributed by atoms with Crippen molar-refractivity contribution in [1.82, 2.24) is 10.2 Å². The average Bonchev–Trinajstić information content (AvgIpc) is 2.76. The van der Waals surface area contributed by atoms with Gasteiger partial charge in [0.15, 0.2) is 0 Å². The Morgan fingerprint density at radius 1 is 1.35 bits per heavy atom. The first-order valence-electron chi connectivity index (χ1n) is 5.73. The Morgan fingerprint density at radius 2 is 1.94 bits per heavy atom. The lowest BCUT2D eigenvalue weighted by molar-refractivity contribution is -0.157. The van der Waals surface area contributed by atoms with Crippen molar-refractivity contribution in [3.05, 3.63) is 12.2 Å². The van der Waals surface area contributed by atoms with Gasteiger partial charge in [0.25, 0.3) is 5.91 Å². The number of rotatable bonds is 1. The number of hydrogen-bond acceptors (Lipinski definition) is 3. The van der Waals surface area contributed by atoms with Crippen LogP contribution in [0.25, 0.3) is 0 Å². The number of amides is 3. The molecule has 5 heteroatoms. The Morgan fingerprint density at radius 3 is 2.53 bits per heavy atom. The minimum absolute atomic E-state index is 0.0337. The zero-order valence-electron chi connectivity index (χ0n) is 10.0.